The lowest BCUT2D eigenvalue weighted by atomic mass is 10.1. The van der Waals surface area contributed by atoms with E-state index in [2.05, 4.69) is 5.32 Å². The molecule has 1 aliphatic rings. The van der Waals surface area contributed by atoms with Crippen molar-refractivity contribution in [3.8, 4) is 5.75 Å². The number of benzene rings is 2. The summed E-state index contributed by atoms with van der Waals surface area (Å²) in [7, 11) is -3.68. The van der Waals surface area contributed by atoms with Crippen molar-refractivity contribution in [2.24, 2.45) is 0 Å². The van der Waals surface area contributed by atoms with Crippen LogP contribution in [0.1, 0.15) is 45.7 Å². The Morgan fingerprint density at radius 2 is 1.79 bits per heavy atom. The molecular formula is C24H24N2O6S. The second kappa shape index (κ2) is 9.60. The van der Waals surface area contributed by atoms with E-state index >= 15 is 0 Å². The molecular weight excluding hydrogens is 444 g/mol. The van der Waals surface area contributed by atoms with Gasteiger partial charge < -0.3 is 14.5 Å². The monoisotopic (exact) mass is 468 g/mol. The van der Waals surface area contributed by atoms with Gasteiger partial charge in [-0.15, -0.1) is 0 Å². The number of rotatable bonds is 6. The van der Waals surface area contributed by atoms with Gasteiger partial charge in [-0.2, -0.15) is 4.31 Å². The van der Waals surface area contributed by atoms with Crippen molar-refractivity contribution in [1.82, 2.24) is 4.31 Å². The molecule has 4 rings (SSSR count). The zero-order valence-electron chi connectivity index (χ0n) is 18.1. The standard InChI is InChI=1S/C24H24N2O6S/c1-17-10-11-20(33(29,30)26-12-3-2-4-13-26)16-21(17)24(28)32-19-8-5-7-18(15-19)25-23(27)22-9-6-14-31-22/h5-11,14-16H,2-4,12-13H2,1H3,(H,25,27). The number of hydrogen-bond acceptors (Lipinski definition) is 6. The summed E-state index contributed by atoms with van der Waals surface area (Å²) < 4.78 is 38.0. The minimum Gasteiger partial charge on any atom is -0.459 e. The van der Waals surface area contributed by atoms with Crippen molar-refractivity contribution in [2.45, 2.75) is 31.1 Å². The Morgan fingerprint density at radius 3 is 2.52 bits per heavy atom. The molecule has 0 atom stereocenters. The number of carbonyl (C=O) groups excluding carboxylic acids is 2. The highest BCUT2D eigenvalue weighted by Gasteiger charge is 2.27. The van der Waals surface area contributed by atoms with Crippen molar-refractivity contribution in [1.29, 1.82) is 0 Å². The normalized spacial score (nSPS) is 14.6. The number of nitrogens with one attached hydrogen (secondary N) is 1. The first-order valence-corrected chi connectivity index (χ1v) is 12.1. The van der Waals surface area contributed by atoms with Crippen molar-refractivity contribution < 1.29 is 27.2 Å². The van der Waals surface area contributed by atoms with Crippen LogP contribution >= 0.6 is 0 Å². The zero-order chi connectivity index (χ0) is 23.4. The van der Waals surface area contributed by atoms with Crippen LogP contribution in [0, 0.1) is 6.92 Å². The average molecular weight is 469 g/mol. The van der Waals surface area contributed by atoms with Gasteiger partial charge in [-0.05, 0) is 61.7 Å². The van der Waals surface area contributed by atoms with Crippen LogP contribution in [0.15, 0.2) is 70.2 Å². The zero-order valence-corrected chi connectivity index (χ0v) is 18.9. The molecule has 1 aliphatic heterocycles. The summed E-state index contributed by atoms with van der Waals surface area (Å²) in [5.41, 5.74) is 1.18. The molecule has 0 bridgehead atoms. The number of furan rings is 1. The van der Waals surface area contributed by atoms with Gasteiger partial charge in [-0.3, -0.25) is 4.79 Å². The molecule has 0 unspecified atom stereocenters. The Balaban J connectivity index is 1.52. The van der Waals surface area contributed by atoms with Crippen LogP contribution in [0.5, 0.6) is 5.75 Å². The summed E-state index contributed by atoms with van der Waals surface area (Å²) in [6, 6.07) is 14.0. The van der Waals surface area contributed by atoms with Gasteiger partial charge in [0.2, 0.25) is 10.0 Å². The second-order valence-corrected chi connectivity index (χ2v) is 9.73. The fraction of sp³-hybridized carbons (Fsp3) is 0.250. The number of esters is 1. The van der Waals surface area contributed by atoms with Gasteiger partial charge in [0.25, 0.3) is 5.91 Å². The number of amides is 1. The minimum atomic E-state index is -3.68. The highest BCUT2D eigenvalue weighted by atomic mass is 32.2. The maximum absolute atomic E-state index is 13.0. The van der Waals surface area contributed by atoms with Crippen LogP contribution in [0.3, 0.4) is 0 Å². The molecule has 33 heavy (non-hydrogen) atoms. The molecule has 0 radical (unpaired) electrons. The van der Waals surface area contributed by atoms with Crippen LogP contribution in [0.2, 0.25) is 0 Å². The molecule has 1 aromatic heterocycles. The van der Waals surface area contributed by atoms with Gasteiger partial charge in [0.1, 0.15) is 5.75 Å². The first-order chi connectivity index (χ1) is 15.8. The Morgan fingerprint density at radius 1 is 1.00 bits per heavy atom. The van der Waals surface area contributed by atoms with Crippen LogP contribution in [0.25, 0.3) is 0 Å². The lowest BCUT2D eigenvalue weighted by Crippen LogP contribution is -2.35. The number of carbonyl (C=O) groups is 2. The van der Waals surface area contributed by atoms with Gasteiger partial charge in [0, 0.05) is 24.8 Å². The summed E-state index contributed by atoms with van der Waals surface area (Å²) in [6.45, 7) is 2.67. The third kappa shape index (κ3) is 5.15. The topological polar surface area (TPSA) is 106 Å². The number of nitrogens with zero attached hydrogens (tertiary/aromatic N) is 1. The molecule has 8 nitrogen and oxygen atoms in total. The van der Waals surface area contributed by atoms with Gasteiger partial charge in [0.15, 0.2) is 5.76 Å². The maximum Gasteiger partial charge on any atom is 0.343 e. The van der Waals surface area contributed by atoms with E-state index in [1.54, 1.807) is 37.3 Å². The molecule has 172 valence electrons. The summed E-state index contributed by atoms with van der Waals surface area (Å²) in [4.78, 5) is 25.1. The molecule has 1 fully saturated rings. The number of ether oxygens (including phenoxy) is 1. The third-order valence-electron chi connectivity index (χ3n) is 5.43. The van der Waals surface area contributed by atoms with E-state index in [0.29, 0.717) is 24.3 Å². The molecule has 0 spiro atoms. The fourth-order valence-electron chi connectivity index (χ4n) is 3.64. The maximum atomic E-state index is 13.0. The van der Waals surface area contributed by atoms with E-state index in [-0.39, 0.29) is 22.0 Å². The summed E-state index contributed by atoms with van der Waals surface area (Å²) in [6.07, 6.45) is 4.06. The molecule has 2 aromatic carbocycles. The Bertz CT molecular complexity index is 1260. The largest absolute Gasteiger partial charge is 0.459 e. The number of anilines is 1. The average Bonchev–Trinajstić information content (AvgIpc) is 3.35. The van der Waals surface area contributed by atoms with E-state index in [1.807, 2.05) is 0 Å². The molecule has 1 amide bonds. The predicted octanol–water partition coefficient (Wildman–Crippen LogP) is 4.23. The lowest BCUT2D eigenvalue weighted by molar-refractivity contribution is 0.0733. The van der Waals surface area contributed by atoms with E-state index in [9.17, 15) is 18.0 Å². The van der Waals surface area contributed by atoms with Crippen LogP contribution in [-0.4, -0.2) is 37.7 Å². The molecule has 3 aromatic rings. The fourth-order valence-corrected chi connectivity index (χ4v) is 5.18. The van der Waals surface area contributed by atoms with Crippen LogP contribution in [-0.2, 0) is 10.0 Å². The number of piperidine rings is 1. The quantitative estimate of drug-likeness (QED) is 0.429. The Kier molecular flexibility index (Phi) is 6.62. The summed E-state index contributed by atoms with van der Waals surface area (Å²) >= 11 is 0. The predicted molar refractivity (Wildman–Crippen MR) is 122 cm³/mol. The second-order valence-electron chi connectivity index (χ2n) is 7.79. The Labute approximate surface area is 192 Å². The lowest BCUT2D eigenvalue weighted by Gasteiger charge is -2.26. The van der Waals surface area contributed by atoms with Gasteiger partial charge in [-0.25, -0.2) is 13.2 Å². The first kappa shape index (κ1) is 22.8. The number of hydrogen-bond donors (Lipinski definition) is 1. The SMILES string of the molecule is Cc1ccc(S(=O)(=O)N2CCCCC2)cc1C(=O)Oc1cccc(NC(=O)c2ccco2)c1. The molecule has 9 heteroatoms. The smallest absolute Gasteiger partial charge is 0.343 e. The molecule has 0 aliphatic carbocycles. The van der Waals surface area contributed by atoms with Gasteiger partial charge >= 0.3 is 5.97 Å². The van der Waals surface area contributed by atoms with Crippen molar-refractivity contribution >= 4 is 27.6 Å². The van der Waals surface area contributed by atoms with Crippen molar-refractivity contribution in [2.75, 3.05) is 18.4 Å². The van der Waals surface area contributed by atoms with Crippen LogP contribution < -0.4 is 10.1 Å². The molecule has 1 N–H and O–H groups in total. The minimum absolute atomic E-state index is 0.0708. The van der Waals surface area contributed by atoms with Gasteiger partial charge in [-0.1, -0.05) is 18.6 Å². The highest BCUT2D eigenvalue weighted by Crippen LogP contribution is 2.25. The van der Waals surface area contributed by atoms with E-state index in [4.69, 9.17) is 9.15 Å². The van der Waals surface area contributed by atoms with Crippen LogP contribution in [0.4, 0.5) is 5.69 Å². The molecule has 2 heterocycles. The number of aryl methyl sites for hydroxylation is 1. The summed E-state index contributed by atoms with van der Waals surface area (Å²) in [5.74, 6) is -0.756. The third-order valence-corrected chi connectivity index (χ3v) is 7.32. The Hall–Kier alpha value is -3.43. The highest BCUT2D eigenvalue weighted by molar-refractivity contribution is 7.89. The number of sulfonamides is 1. The van der Waals surface area contributed by atoms with E-state index in [1.165, 1.54) is 34.8 Å². The molecule has 1 saturated heterocycles. The van der Waals surface area contributed by atoms with E-state index < -0.39 is 21.9 Å². The molecule has 0 saturated carbocycles. The van der Waals surface area contributed by atoms with Gasteiger partial charge in [0.05, 0.1) is 16.7 Å². The summed E-state index contributed by atoms with van der Waals surface area (Å²) in [5, 5.41) is 2.67. The van der Waals surface area contributed by atoms with E-state index in [0.717, 1.165) is 19.3 Å². The van der Waals surface area contributed by atoms with Crippen molar-refractivity contribution in [3.05, 3.63) is 77.7 Å². The van der Waals surface area contributed by atoms with Crippen molar-refractivity contribution in [3.63, 3.8) is 0 Å². The first-order valence-electron chi connectivity index (χ1n) is 10.6.